The van der Waals surface area contributed by atoms with Gasteiger partial charge in [-0.1, -0.05) is 12.1 Å². The second-order valence-corrected chi connectivity index (χ2v) is 29.5. The van der Waals surface area contributed by atoms with Crippen LogP contribution in [0.15, 0.2) is 36.4 Å². The van der Waals surface area contributed by atoms with Crippen LogP contribution in [0.3, 0.4) is 0 Å². The number of ether oxygens (including phenoxy) is 9. The van der Waals surface area contributed by atoms with Crippen molar-refractivity contribution in [1.82, 2.24) is 0 Å². The predicted molar refractivity (Wildman–Crippen MR) is 310 cm³/mol. The molecule has 3 fully saturated rings. The number of anilines is 2. The van der Waals surface area contributed by atoms with Crippen molar-refractivity contribution in [2.45, 2.75) is 214 Å². The van der Waals surface area contributed by atoms with E-state index in [0.29, 0.717) is 33.6 Å². The maximum atomic E-state index is 14.3. The maximum Gasteiger partial charge on any atom is 0.311 e. The van der Waals surface area contributed by atoms with E-state index in [1.165, 1.54) is 9.80 Å². The van der Waals surface area contributed by atoms with Crippen molar-refractivity contribution in [2.24, 2.45) is 37.9 Å². The summed E-state index contributed by atoms with van der Waals surface area (Å²) in [4.78, 5) is 127. The molecule has 84 heavy (non-hydrogen) atoms. The number of hydrogen-bond acceptors (Lipinski definition) is 18. The molecule has 3 aliphatic heterocycles. The van der Waals surface area contributed by atoms with E-state index in [0.717, 1.165) is 0 Å². The van der Waals surface area contributed by atoms with E-state index in [1.807, 2.05) is 0 Å². The molecule has 3 saturated heterocycles. The molecule has 5 rings (SSSR count). The fourth-order valence-corrected chi connectivity index (χ4v) is 8.69. The van der Waals surface area contributed by atoms with Crippen LogP contribution < -0.4 is 9.80 Å². The number of rotatable bonds is 12. The van der Waals surface area contributed by atoms with Crippen molar-refractivity contribution in [3.05, 3.63) is 58.7 Å². The lowest BCUT2D eigenvalue weighted by Crippen LogP contribution is -2.61. The quantitative estimate of drug-likeness (QED) is 0.142. The summed E-state index contributed by atoms with van der Waals surface area (Å²) in [7, 11) is 0. The van der Waals surface area contributed by atoms with Gasteiger partial charge in [-0.25, -0.2) is 0 Å². The lowest BCUT2D eigenvalue weighted by Gasteiger charge is -2.46. The van der Waals surface area contributed by atoms with Gasteiger partial charge in [0.15, 0.2) is 36.6 Å². The highest BCUT2D eigenvalue weighted by Gasteiger charge is 2.56. The molecule has 0 aromatic heterocycles. The summed E-state index contributed by atoms with van der Waals surface area (Å²) in [6, 6.07) is 9.96. The molecule has 0 bridgehead atoms. The Hall–Kier alpha value is -6.41. The topological polar surface area (TPSA) is 243 Å². The number of carbonyl (C=O) groups excluding carboxylic acids is 9. The van der Waals surface area contributed by atoms with Crippen molar-refractivity contribution in [2.75, 3.05) is 36.1 Å². The maximum absolute atomic E-state index is 14.3. The normalized spacial score (nSPS) is 23.9. The second-order valence-electron chi connectivity index (χ2n) is 29.5. The monoisotopic (exact) mass is 1180 g/mol. The minimum atomic E-state index is -1.49. The van der Waals surface area contributed by atoms with Gasteiger partial charge >= 0.3 is 41.8 Å². The second kappa shape index (κ2) is 24.9. The first-order chi connectivity index (χ1) is 38.1. The molecule has 3 heterocycles. The lowest BCUT2D eigenvalue weighted by atomic mass is 9.87. The van der Waals surface area contributed by atoms with E-state index in [1.54, 1.807) is 196 Å². The van der Waals surface area contributed by atoms with Gasteiger partial charge in [-0.05, 0) is 206 Å². The van der Waals surface area contributed by atoms with Crippen LogP contribution in [-0.4, -0.2) is 123 Å². The fraction of sp³-hybridized carbons (Fsp3) is 0.672. The van der Waals surface area contributed by atoms with E-state index in [-0.39, 0.29) is 19.7 Å². The van der Waals surface area contributed by atoms with E-state index < -0.39 is 153 Å². The van der Waals surface area contributed by atoms with Gasteiger partial charge in [0.2, 0.25) is 11.8 Å². The van der Waals surface area contributed by atoms with E-state index in [4.69, 9.17) is 42.6 Å². The van der Waals surface area contributed by atoms with E-state index in [2.05, 4.69) is 0 Å². The number of benzene rings is 2. The van der Waals surface area contributed by atoms with Gasteiger partial charge in [-0.2, -0.15) is 0 Å². The van der Waals surface area contributed by atoms with Gasteiger partial charge in [0.05, 0.1) is 44.5 Å². The Morgan fingerprint density at radius 3 is 1.12 bits per heavy atom. The molecule has 2 aromatic rings. The van der Waals surface area contributed by atoms with Gasteiger partial charge in [-0.15, -0.1) is 0 Å². The minimum absolute atomic E-state index is 0.217. The Morgan fingerprint density at radius 2 is 0.750 bits per heavy atom. The largest absolute Gasteiger partial charge is 0.462 e. The van der Waals surface area contributed by atoms with E-state index in [9.17, 15) is 43.2 Å². The van der Waals surface area contributed by atoms with Crippen molar-refractivity contribution in [3.8, 4) is 0 Å². The molecule has 3 aliphatic rings. The summed E-state index contributed by atoms with van der Waals surface area (Å²) in [6.07, 6.45) is -11.7. The van der Waals surface area contributed by atoms with Crippen LogP contribution in [-0.2, 0) is 85.8 Å². The number of hydrogen-bond donors (Lipinski definition) is 0. The number of carbonyl (C=O) groups is 9. The Kier molecular flexibility index (Phi) is 20.3. The van der Waals surface area contributed by atoms with Crippen LogP contribution in [0.5, 0.6) is 0 Å². The zero-order valence-corrected chi connectivity index (χ0v) is 53.7. The van der Waals surface area contributed by atoms with Crippen LogP contribution >= 0.6 is 0 Å². The number of piperazine rings is 1. The van der Waals surface area contributed by atoms with E-state index >= 15 is 0 Å². The predicted octanol–water partition coefficient (Wildman–Crippen LogP) is 9.53. The van der Waals surface area contributed by atoms with Crippen LogP contribution in [0.4, 0.5) is 11.4 Å². The molecule has 0 spiro atoms. The molecule has 20 heteroatoms. The molecular formula is C64H92N2O18. The molecular weight excluding hydrogens is 1080 g/mol. The van der Waals surface area contributed by atoms with Crippen LogP contribution in [0.25, 0.3) is 0 Å². The fourth-order valence-electron chi connectivity index (χ4n) is 8.69. The molecule has 20 nitrogen and oxygen atoms in total. The summed E-state index contributed by atoms with van der Waals surface area (Å²) >= 11 is 0. The van der Waals surface area contributed by atoms with Crippen LogP contribution in [0.2, 0.25) is 0 Å². The molecule has 466 valence electrons. The Bertz CT molecular complexity index is 2840. The van der Waals surface area contributed by atoms with Gasteiger partial charge in [-0.3, -0.25) is 43.2 Å². The molecule has 9 atom stereocenters. The first-order valence-corrected chi connectivity index (χ1v) is 28.7. The number of amides is 2. The third-order valence-electron chi connectivity index (χ3n) is 14.1. The third-order valence-corrected chi connectivity index (χ3v) is 14.1. The molecule has 2 aromatic carbocycles. The standard InChI is InChI=1S/C64H92N2O18/c1-34-28-36(24-26-38(34)44-48(82-55(73)62(15,16)17)47(81-54(72)61(12,13)14)41(32-76-44)79-52(70)59(6,7)8)65-30-43(68)66(31-42(65)67)37-25-27-39(35(2)29-37)45-49(83-56(74)63(18,19)20)50(84-57(75)64(21,22)23)46(80-53(71)60(9,10)11)40(78-45)33-77-51(69)58(3,4)5/h24-29,40-41,44-50H,30-33H2,1-23H3/t40-,41-,44-,45-,46-,47-,48-,49-,50+/m1/s1. The highest BCUT2D eigenvalue weighted by Crippen LogP contribution is 2.44. The SMILES string of the molecule is Cc1cc(N2CC(=O)N(c3ccc([C@H]4OC[C@@H](OC(=O)C(C)(C)C)[C@@H](OC(=O)C(C)(C)C)[C@@H]4OC(=O)C(C)(C)C)c(C)c3)CC2=O)ccc1[C@H]1O[C@H](COC(=O)C(C)(C)C)[C@@H](OC(=O)C(C)(C)C)[C@H](OC(=O)C(C)(C)C)[C@@H]1OC(=O)C(C)(C)C. The highest BCUT2D eigenvalue weighted by atomic mass is 16.7. The smallest absolute Gasteiger partial charge is 0.311 e. The van der Waals surface area contributed by atoms with Crippen LogP contribution in [0, 0.1) is 51.8 Å². The van der Waals surface area contributed by atoms with Gasteiger partial charge in [0, 0.05) is 11.4 Å². The summed E-state index contributed by atoms with van der Waals surface area (Å²) in [5.74, 6) is -5.36. The number of esters is 7. The first-order valence-electron chi connectivity index (χ1n) is 28.7. The average Bonchev–Trinajstić information content (AvgIpc) is 1.10. The molecule has 0 aliphatic carbocycles. The van der Waals surface area contributed by atoms with Crippen molar-refractivity contribution in [1.29, 1.82) is 0 Å². The molecule has 0 unspecified atom stereocenters. The number of nitrogens with zero attached hydrogens (tertiary/aromatic N) is 2. The zero-order chi connectivity index (χ0) is 63.9. The molecule has 0 radical (unpaired) electrons. The van der Waals surface area contributed by atoms with Crippen LogP contribution in [0.1, 0.15) is 180 Å². The lowest BCUT2D eigenvalue weighted by molar-refractivity contribution is -0.262. The van der Waals surface area contributed by atoms with Gasteiger partial charge < -0.3 is 52.4 Å². The Morgan fingerprint density at radius 1 is 0.429 bits per heavy atom. The zero-order valence-electron chi connectivity index (χ0n) is 53.7. The number of aryl methyl sites for hydroxylation is 2. The first kappa shape index (κ1) is 68.4. The molecule has 2 amide bonds. The Balaban J connectivity index is 1.51. The Labute approximate surface area is 495 Å². The third kappa shape index (κ3) is 16.5. The summed E-state index contributed by atoms with van der Waals surface area (Å²) in [5.41, 5.74) is -4.34. The minimum Gasteiger partial charge on any atom is -0.462 e. The van der Waals surface area contributed by atoms with Crippen molar-refractivity contribution >= 4 is 65.0 Å². The summed E-state index contributed by atoms with van der Waals surface area (Å²) in [5, 5.41) is 0. The van der Waals surface area contributed by atoms with Gasteiger partial charge in [0.25, 0.3) is 0 Å². The van der Waals surface area contributed by atoms with Crippen molar-refractivity contribution in [3.63, 3.8) is 0 Å². The highest BCUT2D eigenvalue weighted by molar-refractivity contribution is 6.12. The average molecular weight is 1180 g/mol. The summed E-state index contributed by atoms with van der Waals surface area (Å²) < 4.78 is 55.9. The summed E-state index contributed by atoms with van der Waals surface area (Å²) in [6.45, 7) is 37.0. The molecule has 0 saturated carbocycles. The van der Waals surface area contributed by atoms with Gasteiger partial charge in [0.1, 0.15) is 38.0 Å². The molecule has 0 N–H and O–H groups in total. The van der Waals surface area contributed by atoms with Crippen molar-refractivity contribution < 1.29 is 85.8 Å².